The van der Waals surface area contributed by atoms with Crippen molar-refractivity contribution >= 4 is 54.2 Å². The van der Waals surface area contributed by atoms with Crippen molar-refractivity contribution in [2.45, 2.75) is 38.8 Å². The highest BCUT2D eigenvalue weighted by atomic mass is 32.1. The van der Waals surface area contributed by atoms with E-state index in [4.69, 9.17) is 10.2 Å². The number of ketones is 1. The van der Waals surface area contributed by atoms with Gasteiger partial charge in [-0.05, 0) is 0 Å². The van der Waals surface area contributed by atoms with Crippen LogP contribution in [0.15, 0.2) is 0 Å². The number of carbonyl (C=O) groups excluding carboxylic acids is 5. The molecule has 0 aromatic heterocycles. The first kappa shape index (κ1) is 28.8. The van der Waals surface area contributed by atoms with Gasteiger partial charge in [-0.15, -0.1) is 0 Å². The van der Waals surface area contributed by atoms with Crippen LogP contribution in [-0.4, -0.2) is 83.3 Å². The fourth-order valence-corrected chi connectivity index (χ4v) is 2.22. The van der Waals surface area contributed by atoms with Crippen molar-refractivity contribution in [1.29, 1.82) is 0 Å². The van der Waals surface area contributed by atoms with E-state index in [0.717, 1.165) is 0 Å². The zero-order valence-electron chi connectivity index (χ0n) is 17.5. The molecule has 0 saturated heterocycles. The zero-order valence-corrected chi connectivity index (χ0v) is 18.4. The molecule has 0 aromatic rings. The fraction of sp³-hybridized carbons (Fsp3) is 0.588. The van der Waals surface area contributed by atoms with Crippen LogP contribution >= 0.6 is 12.8 Å². The lowest BCUT2D eigenvalue weighted by Crippen LogP contribution is -2.54. The summed E-state index contributed by atoms with van der Waals surface area (Å²) in [4.78, 5) is 80.8. The Morgan fingerprint density at radius 1 is 0.719 bits per heavy atom. The Hall–Kier alpha value is -3.20. The molecule has 32 heavy (non-hydrogen) atoms. The number of hydrogen-bond acceptors (Lipinski definition) is 9. The van der Waals surface area contributed by atoms with Gasteiger partial charge in [-0.1, -0.05) is 26.7 Å². The van der Waals surface area contributed by atoms with Crippen LogP contribution in [0.1, 0.15) is 26.7 Å². The molecule has 0 aliphatic rings. The SMILES string of the molecule is CC(C)C(=O)CNC(=O)CNC(=O)CNC(=O)C(CC(=O)O)NC(=O)C(CC(=O)O)NS. The Kier molecular flexibility index (Phi) is 13.3. The van der Waals surface area contributed by atoms with Crippen molar-refractivity contribution in [2.24, 2.45) is 5.92 Å². The second-order valence-electron chi connectivity index (χ2n) is 6.83. The lowest BCUT2D eigenvalue weighted by atomic mass is 10.1. The van der Waals surface area contributed by atoms with Crippen LogP contribution in [0.25, 0.3) is 0 Å². The number of Topliss-reactive ketones (excluding diaryl/α,β-unsaturated/α-hetero) is 1. The molecule has 0 saturated carbocycles. The van der Waals surface area contributed by atoms with Gasteiger partial charge >= 0.3 is 11.9 Å². The highest BCUT2D eigenvalue weighted by Crippen LogP contribution is 1.99. The van der Waals surface area contributed by atoms with Crippen LogP contribution < -0.4 is 26.0 Å². The van der Waals surface area contributed by atoms with Gasteiger partial charge in [0.05, 0.1) is 32.5 Å². The van der Waals surface area contributed by atoms with E-state index in [2.05, 4.69) is 38.8 Å². The van der Waals surface area contributed by atoms with E-state index in [-0.39, 0.29) is 18.2 Å². The molecule has 14 nitrogen and oxygen atoms in total. The molecule has 0 aliphatic carbocycles. The van der Waals surface area contributed by atoms with Crippen LogP contribution in [-0.2, 0) is 33.6 Å². The second-order valence-corrected chi connectivity index (χ2v) is 7.09. The van der Waals surface area contributed by atoms with Crippen molar-refractivity contribution in [2.75, 3.05) is 19.6 Å². The van der Waals surface area contributed by atoms with E-state index in [9.17, 15) is 33.6 Å². The summed E-state index contributed by atoms with van der Waals surface area (Å²) in [6, 6.07) is -2.94. The van der Waals surface area contributed by atoms with Crippen molar-refractivity contribution < 1.29 is 43.8 Å². The Labute approximate surface area is 188 Å². The van der Waals surface area contributed by atoms with Crippen molar-refractivity contribution in [3.63, 3.8) is 0 Å². The van der Waals surface area contributed by atoms with E-state index < -0.39 is 73.6 Å². The predicted octanol–water partition coefficient (Wildman–Crippen LogP) is -3.20. The average molecular weight is 477 g/mol. The summed E-state index contributed by atoms with van der Waals surface area (Å²) < 4.78 is 2.13. The van der Waals surface area contributed by atoms with Gasteiger partial charge in [-0.3, -0.25) is 38.3 Å². The van der Waals surface area contributed by atoms with Crippen molar-refractivity contribution in [1.82, 2.24) is 26.0 Å². The summed E-state index contributed by atoms with van der Waals surface area (Å²) in [7, 11) is 0. The number of hydrogen-bond donors (Lipinski definition) is 8. The Morgan fingerprint density at radius 2 is 1.19 bits per heavy atom. The van der Waals surface area contributed by atoms with Gasteiger partial charge in [-0.2, -0.15) is 0 Å². The van der Waals surface area contributed by atoms with Crippen LogP contribution in [0.3, 0.4) is 0 Å². The quantitative estimate of drug-likeness (QED) is 0.110. The predicted molar refractivity (Wildman–Crippen MR) is 111 cm³/mol. The van der Waals surface area contributed by atoms with Crippen molar-refractivity contribution in [3.8, 4) is 0 Å². The smallest absolute Gasteiger partial charge is 0.305 e. The second kappa shape index (κ2) is 14.7. The summed E-state index contributed by atoms with van der Waals surface area (Å²) in [5.74, 6) is -6.64. The van der Waals surface area contributed by atoms with Crippen LogP contribution in [0.4, 0.5) is 0 Å². The highest BCUT2D eigenvalue weighted by Gasteiger charge is 2.28. The molecule has 0 aliphatic heterocycles. The number of carbonyl (C=O) groups is 7. The summed E-state index contributed by atoms with van der Waals surface area (Å²) in [6.07, 6.45) is -1.51. The summed E-state index contributed by atoms with van der Waals surface area (Å²) >= 11 is 3.62. The molecule has 0 heterocycles. The summed E-state index contributed by atoms with van der Waals surface area (Å²) in [5, 5.41) is 26.4. The number of aliphatic carboxylic acids is 2. The minimum Gasteiger partial charge on any atom is -0.481 e. The molecule has 4 amide bonds. The first-order valence-corrected chi connectivity index (χ1v) is 9.79. The maximum absolute atomic E-state index is 12.2. The Bertz CT molecular complexity index is 744. The van der Waals surface area contributed by atoms with E-state index in [1.165, 1.54) is 0 Å². The topological polar surface area (TPSA) is 220 Å². The summed E-state index contributed by atoms with van der Waals surface area (Å²) in [6.45, 7) is 2.05. The number of carboxylic acid groups (broad SMARTS) is 2. The van der Waals surface area contributed by atoms with E-state index in [1.54, 1.807) is 13.8 Å². The number of amides is 4. The normalized spacial score (nSPS) is 12.2. The minimum absolute atomic E-state index is 0.191. The molecule has 0 bridgehead atoms. The third kappa shape index (κ3) is 12.5. The molecular weight excluding hydrogens is 450 g/mol. The first-order valence-electron chi connectivity index (χ1n) is 9.34. The molecule has 0 spiro atoms. The van der Waals surface area contributed by atoms with Gasteiger partial charge in [0.25, 0.3) is 0 Å². The third-order valence-corrected chi connectivity index (χ3v) is 4.15. The van der Waals surface area contributed by atoms with Crippen LogP contribution in [0.5, 0.6) is 0 Å². The van der Waals surface area contributed by atoms with Gasteiger partial charge in [0.1, 0.15) is 12.1 Å². The van der Waals surface area contributed by atoms with E-state index in [0.29, 0.717) is 0 Å². The number of rotatable bonds is 15. The number of nitrogens with one attached hydrogen (secondary N) is 5. The molecule has 2 unspecified atom stereocenters. The molecule has 0 radical (unpaired) electrons. The minimum atomic E-state index is -1.60. The lowest BCUT2D eigenvalue weighted by molar-refractivity contribution is -0.142. The lowest BCUT2D eigenvalue weighted by Gasteiger charge is -2.20. The van der Waals surface area contributed by atoms with Gasteiger partial charge in [0.15, 0.2) is 5.78 Å². The van der Waals surface area contributed by atoms with Gasteiger partial charge in [0, 0.05) is 5.92 Å². The highest BCUT2D eigenvalue weighted by molar-refractivity contribution is 7.78. The van der Waals surface area contributed by atoms with Gasteiger partial charge in [0.2, 0.25) is 23.6 Å². The monoisotopic (exact) mass is 477 g/mol. The summed E-state index contributed by atoms with van der Waals surface area (Å²) in [5.41, 5.74) is 0. The standard InChI is InChI=1S/C17H27N5O9S/c1-8(2)11(23)5-18-12(24)6-19-13(25)7-20-16(30)9(3-14(26)27)21-17(31)10(22-32)4-15(28)29/h8-10,22,32H,3-7H2,1-2H3,(H,18,24)(H,19,25)(H,20,30)(H,21,31)(H,26,27)(H,28,29). The van der Waals surface area contributed by atoms with Gasteiger partial charge in [-0.25, -0.2) is 0 Å². The maximum atomic E-state index is 12.2. The van der Waals surface area contributed by atoms with E-state index >= 15 is 0 Å². The molecule has 15 heteroatoms. The van der Waals surface area contributed by atoms with Gasteiger partial charge < -0.3 is 31.5 Å². The molecule has 0 rings (SSSR count). The Morgan fingerprint density at radius 3 is 1.66 bits per heavy atom. The number of thiol groups is 1. The zero-order chi connectivity index (χ0) is 24.8. The molecule has 0 aromatic carbocycles. The van der Waals surface area contributed by atoms with Crippen LogP contribution in [0.2, 0.25) is 0 Å². The molecular formula is C17H27N5O9S. The van der Waals surface area contributed by atoms with Crippen LogP contribution in [0, 0.1) is 5.92 Å². The molecule has 180 valence electrons. The Balaban J connectivity index is 4.66. The first-order chi connectivity index (χ1) is 14.9. The van der Waals surface area contributed by atoms with E-state index in [1.807, 2.05) is 0 Å². The van der Waals surface area contributed by atoms with Crippen molar-refractivity contribution in [3.05, 3.63) is 0 Å². The average Bonchev–Trinajstić information content (AvgIpc) is 2.71. The molecule has 7 N–H and O–H groups in total. The third-order valence-electron chi connectivity index (χ3n) is 3.84. The molecule has 0 fully saturated rings. The molecule has 2 atom stereocenters. The maximum Gasteiger partial charge on any atom is 0.305 e. The number of carboxylic acids is 2. The largest absolute Gasteiger partial charge is 0.481 e. The fourth-order valence-electron chi connectivity index (χ4n) is 2.01.